The van der Waals surface area contributed by atoms with Crippen molar-refractivity contribution in [1.82, 2.24) is 0 Å². The van der Waals surface area contributed by atoms with Gasteiger partial charge in [0.1, 0.15) is 18.2 Å². The average Bonchev–Trinajstić information content (AvgIpc) is 2.37. The van der Waals surface area contributed by atoms with Crippen molar-refractivity contribution >= 4 is 0 Å². The Balaban J connectivity index is 2.19. The number of aryl methyl sites for hydroxylation is 1. The van der Waals surface area contributed by atoms with Crippen LogP contribution >= 0.6 is 0 Å². The van der Waals surface area contributed by atoms with E-state index in [0.29, 0.717) is 12.4 Å². The van der Waals surface area contributed by atoms with Gasteiger partial charge in [-0.3, -0.25) is 0 Å². The molecule has 19 heavy (non-hydrogen) atoms. The van der Waals surface area contributed by atoms with E-state index in [4.69, 9.17) is 10.5 Å². The van der Waals surface area contributed by atoms with Crippen LogP contribution in [0, 0.1) is 12.7 Å². The van der Waals surface area contributed by atoms with E-state index in [1.165, 1.54) is 12.1 Å². The molecule has 2 rings (SSSR count). The molecule has 0 aliphatic rings. The number of nitrogens with two attached hydrogens (primary N) is 1. The Kier molecular flexibility index (Phi) is 4.17. The Morgan fingerprint density at radius 3 is 2.63 bits per heavy atom. The normalized spacial score (nSPS) is 12.2. The molecule has 100 valence electrons. The van der Waals surface area contributed by atoms with Crippen LogP contribution in [0.4, 0.5) is 4.39 Å². The van der Waals surface area contributed by atoms with Crippen LogP contribution in [0.15, 0.2) is 42.5 Å². The second kappa shape index (κ2) is 5.85. The van der Waals surface area contributed by atoms with Crippen LogP contribution in [0.3, 0.4) is 0 Å². The summed E-state index contributed by atoms with van der Waals surface area (Å²) in [4.78, 5) is 0. The minimum atomic E-state index is -0.316. The van der Waals surface area contributed by atoms with E-state index in [2.05, 4.69) is 0 Å². The molecule has 0 radical (unpaired) electrons. The van der Waals surface area contributed by atoms with Crippen molar-refractivity contribution in [2.75, 3.05) is 0 Å². The summed E-state index contributed by atoms with van der Waals surface area (Å²) in [5.74, 6) is 0.197. The van der Waals surface area contributed by atoms with Crippen molar-refractivity contribution in [2.24, 2.45) is 5.73 Å². The lowest BCUT2D eigenvalue weighted by molar-refractivity contribution is 0.299. The number of ether oxygens (including phenoxy) is 1. The van der Waals surface area contributed by atoms with Gasteiger partial charge in [-0.25, -0.2) is 4.39 Å². The topological polar surface area (TPSA) is 35.2 Å². The SMILES string of the molecule is Cc1ccccc1COc1cc(F)ccc1[C@@H](C)N. The van der Waals surface area contributed by atoms with E-state index in [-0.39, 0.29) is 11.9 Å². The van der Waals surface area contributed by atoms with E-state index in [0.717, 1.165) is 16.7 Å². The highest BCUT2D eigenvalue weighted by molar-refractivity contribution is 5.36. The van der Waals surface area contributed by atoms with E-state index in [1.807, 2.05) is 38.1 Å². The summed E-state index contributed by atoms with van der Waals surface area (Å²) in [7, 11) is 0. The van der Waals surface area contributed by atoms with Crippen LogP contribution < -0.4 is 10.5 Å². The zero-order valence-corrected chi connectivity index (χ0v) is 11.2. The van der Waals surface area contributed by atoms with Crippen LogP contribution in [0.25, 0.3) is 0 Å². The highest BCUT2D eigenvalue weighted by Gasteiger charge is 2.10. The summed E-state index contributed by atoms with van der Waals surface area (Å²) in [6, 6.07) is 12.2. The first kappa shape index (κ1) is 13.6. The second-order valence-electron chi connectivity index (χ2n) is 4.69. The molecule has 3 heteroatoms. The molecule has 2 N–H and O–H groups in total. The number of benzene rings is 2. The number of halogens is 1. The number of hydrogen-bond donors (Lipinski definition) is 1. The van der Waals surface area contributed by atoms with Crippen LogP contribution in [-0.4, -0.2) is 0 Å². The van der Waals surface area contributed by atoms with E-state index in [1.54, 1.807) is 6.07 Å². The standard InChI is InChI=1S/C16H18FNO/c1-11-5-3-4-6-13(11)10-19-16-9-14(17)7-8-15(16)12(2)18/h3-9,12H,10,18H2,1-2H3/t12-/m1/s1. The smallest absolute Gasteiger partial charge is 0.127 e. The lowest BCUT2D eigenvalue weighted by Gasteiger charge is -2.15. The van der Waals surface area contributed by atoms with Gasteiger partial charge in [0.15, 0.2) is 0 Å². The maximum absolute atomic E-state index is 13.3. The Hall–Kier alpha value is -1.87. The third-order valence-electron chi connectivity index (χ3n) is 3.11. The van der Waals surface area contributed by atoms with Gasteiger partial charge in [0.2, 0.25) is 0 Å². The third-order valence-corrected chi connectivity index (χ3v) is 3.11. The molecular formula is C16H18FNO. The van der Waals surface area contributed by atoms with E-state index in [9.17, 15) is 4.39 Å². The molecule has 0 saturated carbocycles. The van der Waals surface area contributed by atoms with Crippen LogP contribution in [0.2, 0.25) is 0 Å². The first-order valence-electron chi connectivity index (χ1n) is 6.30. The summed E-state index contributed by atoms with van der Waals surface area (Å²) in [5, 5.41) is 0. The Morgan fingerprint density at radius 2 is 1.95 bits per heavy atom. The van der Waals surface area contributed by atoms with Gasteiger partial charge in [0.25, 0.3) is 0 Å². The highest BCUT2D eigenvalue weighted by Crippen LogP contribution is 2.26. The van der Waals surface area contributed by atoms with Gasteiger partial charge in [-0.15, -0.1) is 0 Å². The molecule has 0 aliphatic carbocycles. The fourth-order valence-electron chi connectivity index (χ4n) is 1.94. The lowest BCUT2D eigenvalue weighted by atomic mass is 10.1. The Morgan fingerprint density at radius 1 is 1.21 bits per heavy atom. The molecule has 0 spiro atoms. The van der Waals surface area contributed by atoms with Crippen molar-refractivity contribution in [3.63, 3.8) is 0 Å². The van der Waals surface area contributed by atoms with Crippen molar-refractivity contribution in [1.29, 1.82) is 0 Å². The van der Waals surface area contributed by atoms with Gasteiger partial charge in [0.05, 0.1) is 0 Å². The Labute approximate surface area is 113 Å². The minimum Gasteiger partial charge on any atom is -0.488 e. The summed E-state index contributed by atoms with van der Waals surface area (Å²) < 4.78 is 19.0. The van der Waals surface area contributed by atoms with Crippen LogP contribution in [-0.2, 0) is 6.61 Å². The largest absolute Gasteiger partial charge is 0.488 e. The molecule has 0 amide bonds. The van der Waals surface area contributed by atoms with Gasteiger partial charge in [-0.1, -0.05) is 30.3 Å². The van der Waals surface area contributed by atoms with Crippen LogP contribution in [0.5, 0.6) is 5.75 Å². The first-order valence-corrected chi connectivity index (χ1v) is 6.30. The average molecular weight is 259 g/mol. The summed E-state index contributed by atoms with van der Waals surface area (Å²) in [6.07, 6.45) is 0. The second-order valence-corrected chi connectivity index (χ2v) is 4.69. The summed E-state index contributed by atoms with van der Waals surface area (Å²) in [6.45, 7) is 4.29. The van der Waals surface area contributed by atoms with E-state index >= 15 is 0 Å². The predicted octanol–water partition coefficient (Wildman–Crippen LogP) is 3.73. The van der Waals surface area contributed by atoms with Gasteiger partial charge in [-0.2, -0.15) is 0 Å². The molecule has 2 nitrogen and oxygen atoms in total. The summed E-state index contributed by atoms with van der Waals surface area (Å²) >= 11 is 0. The maximum Gasteiger partial charge on any atom is 0.127 e. The molecule has 0 unspecified atom stereocenters. The Bertz CT molecular complexity index is 566. The molecule has 2 aromatic rings. The van der Waals surface area contributed by atoms with Crippen molar-refractivity contribution < 1.29 is 9.13 Å². The van der Waals surface area contributed by atoms with Crippen molar-refractivity contribution in [2.45, 2.75) is 26.5 Å². The van der Waals surface area contributed by atoms with Crippen LogP contribution in [0.1, 0.15) is 29.7 Å². The maximum atomic E-state index is 13.3. The molecule has 0 aromatic heterocycles. The molecule has 0 fully saturated rings. The van der Waals surface area contributed by atoms with Gasteiger partial charge < -0.3 is 10.5 Å². The van der Waals surface area contributed by atoms with Gasteiger partial charge >= 0.3 is 0 Å². The fourth-order valence-corrected chi connectivity index (χ4v) is 1.94. The molecule has 0 aliphatic heterocycles. The quantitative estimate of drug-likeness (QED) is 0.908. The van der Waals surface area contributed by atoms with Gasteiger partial charge in [-0.05, 0) is 31.0 Å². The lowest BCUT2D eigenvalue weighted by Crippen LogP contribution is -2.08. The number of hydrogen-bond acceptors (Lipinski definition) is 2. The number of rotatable bonds is 4. The van der Waals surface area contributed by atoms with E-state index < -0.39 is 0 Å². The van der Waals surface area contributed by atoms with Crippen molar-refractivity contribution in [3.8, 4) is 5.75 Å². The van der Waals surface area contributed by atoms with Gasteiger partial charge in [0, 0.05) is 17.7 Å². The molecule has 1 atom stereocenters. The molecule has 0 saturated heterocycles. The third kappa shape index (κ3) is 3.32. The molecule has 0 heterocycles. The monoisotopic (exact) mass is 259 g/mol. The highest BCUT2D eigenvalue weighted by atomic mass is 19.1. The zero-order valence-electron chi connectivity index (χ0n) is 11.2. The fraction of sp³-hybridized carbons (Fsp3) is 0.250. The predicted molar refractivity (Wildman–Crippen MR) is 74.5 cm³/mol. The first-order chi connectivity index (χ1) is 9.08. The molecule has 0 bridgehead atoms. The molecule has 2 aromatic carbocycles. The zero-order chi connectivity index (χ0) is 13.8. The summed E-state index contributed by atoms with van der Waals surface area (Å²) in [5.41, 5.74) is 8.92. The minimum absolute atomic E-state index is 0.188. The van der Waals surface area contributed by atoms with Crippen molar-refractivity contribution in [3.05, 3.63) is 65.0 Å². The molecular weight excluding hydrogens is 241 g/mol.